The summed E-state index contributed by atoms with van der Waals surface area (Å²) >= 11 is 0. The quantitative estimate of drug-likeness (QED) is 0.675. The fourth-order valence-corrected chi connectivity index (χ4v) is 2.47. The molecule has 0 atom stereocenters. The summed E-state index contributed by atoms with van der Waals surface area (Å²) in [5.41, 5.74) is 3.94. The van der Waals surface area contributed by atoms with Crippen LogP contribution in [0.3, 0.4) is 0 Å². The standard InChI is InChI=1S/C17H20N/c1-13-11-14-7-3-4-8-15(14)12-16(13)17-9-5-6-10-18(17)2/h5-6,9-12H,3-4,7-8H2,1-2H3/q+1/i7D2,8D2. The molecule has 0 saturated carbocycles. The van der Waals surface area contributed by atoms with Gasteiger partial charge in [0.2, 0.25) is 5.69 Å². The minimum Gasteiger partial charge on any atom is -0.201 e. The summed E-state index contributed by atoms with van der Waals surface area (Å²) in [6, 6.07) is 9.59. The topological polar surface area (TPSA) is 3.88 Å². The van der Waals surface area contributed by atoms with Crippen LogP contribution in [0.15, 0.2) is 36.5 Å². The highest BCUT2D eigenvalue weighted by atomic mass is 14.9. The molecule has 1 heterocycles. The second-order valence-corrected chi connectivity index (χ2v) is 4.76. The van der Waals surface area contributed by atoms with Gasteiger partial charge in [0, 0.05) is 23.2 Å². The summed E-state index contributed by atoms with van der Waals surface area (Å²) in [4.78, 5) is 0. The summed E-state index contributed by atoms with van der Waals surface area (Å²) in [6.07, 6.45) is -0.525. The number of hydrogen-bond acceptors (Lipinski definition) is 0. The molecule has 0 spiro atoms. The van der Waals surface area contributed by atoms with Crippen molar-refractivity contribution in [1.29, 1.82) is 0 Å². The van der Waals surface area contributed by atoms with Crippen molar-refractivity contribution in [3.05, 3.63) is 53.2 Å². The summed E-state index contributed by atoms with van der Waals surface area (Å²) < 4.78 is 34.9. The highest BCUT2D eigenvalue weighted by Gasteiger charge is 2.16. The Morgan fingerprint density at radius 3 is 2.56 bits per heavy atom. The minimum atomic E-state index is -1.48. The summed E-state index contributed by atoms with van der Waals surface area (Å²) in [5, 5.41) is 0. The van der Waals surface area contributed by atoms with E-state index in [1.165, 1.54) is 0 Å². The molecule has 3 rings (SSSR count). The zero-order valence-corrected chi connectivity index (χ0v) is 10.8. The van der Waals surface area contributed by atoms with E-state index in [1.54, 1.807) is 0 Å². The number of nitrogens with zero attached hydrogens (tertiary/aromatic N) is 1. The predicted molar refractivity (Wildman–Crippen MR) is 74.4 cm³/mol. The van der Waals surface area contributed by atoms with Crippen LogP contribution in [0.5, 0.6) is 0 Å². The molecule has 2 aromatic rings. The van der Waals surface area contributed by atoms with Gasteiger partial charge in [-0.15, -0.1) is 0 Å². The first-order chi connectivity index (χ1) is 10.2. The lowest BCUT2D eigenvalue weighted by molar-refractivity contribution is -0.660. The van der Waals surface area contributed by atoms with Crippen LogP contribution in [0.4, 0.5) is 0 Å². The van der Waals surface area contributed by atoms with Crippen molar-refractivity contribution in [1.82, 2.24) is 0 Å². The molecule has 0 bridgehead atoms. The molecule has 0 amide bonds. The van der Waals surface area contributed by atoms with Gasteiger partial charge < -0.3 is 0 Å². The molecule has 0 aliphatic heterocycles. The van der Waals surface area contributed by atoms with Crippen molar-refractivity contribution < 1.29 is 10.1 Å². The predicted octanol–water partition coefficient (Wildman–Crippen LogP) is 3.37. The monoisotopic (exact) mass is 242 g/mol. The maximum atomic E-state index is 8.26. The van der Waals surface area contributed by atoms with Crippen LogP contribution in [0.25, 0.3) is 11.3 Å². The first kappa shape index (κ1) is 7.73. The van der Waals surface area contributed by atoms with Crippen LogP contribution in [-0.4, -0.2) is 0 Å². The van der Waals surface area contributed by atoms with E-state index in [-0.39, 0.29) is 12.8 Å². The minimum absolute atomic E-state index is 0.219. The molecule has 0 fully saturated rings. The highest BCUT2D eigenvalue weighted by molar-refractivity contribution is 5.63. The van der Waals surface area contributed by atoms with Crippen LogP contribution >= 0.6 is 0 Å². The van der Waals surface area contributed by atoms with Crippen LogP contribution in [-0.2, 0) is 19.8 Å². The fraction of sp³-hybridized carbons (Fsp3) is 0.353. The Balaban J connectivity index is 2.27. The lowest BCUT2D eigenvalue weighted by Gasteiger charge is -2.18. The lowest BCUT2D eigenvalue weighted by Crippen LogP contribution is -2.30. The molecule has 0 saturated heterocycles. The van der Waals surface area contributed by atoms with Gasteiger partial charge in [0.15, 0.2) is 6.20 Å². The number of aromatic nitrogens is 1. The number of aryl methyl sites for hydroxylation is 4. The summed E-state index contributed by atoms with van der Waals surface area (Å²) in [7, 11) is 1.96. The van der Waals surface area contributed by atoms with Crippen molar-refractivity contribution in [3.63, 3.8) is 0 Å². The lowest BCUT2D eigenvalue weighted by atomic mass is 9.87. The summed E-state index contributed by atoms with van der Waals surface area (Å²) in [5.74, 6) is 0. The van der Waals surface area contributed by atoms with Gasteiger partial charge in [-0.25, -0.2) is 4.57 Å². The van der Waals surface area contributed by atoms with Crippen molar-refractivity contribution in [2.45, 2.75) is 32.5 Å². The van der Waals surface area contributed by atoms with Crippen LogP contribution < -0.4 is 4.57 Å². The molecular weight excluding hydrogens is 218 g/mol. The Hall–Kier alpha value is -1.63. The molecule has 0 unspecified atom stereocenters. The molecule has 1 aromatic carbocycles. The van der Waals surface area contributed by atoms with Crippen LogP contribution in [0.1, 0.15) is 35.0 Å². The third kappa shape index (κ3) is 1.94. The van der Waals surface area contributed by atoms with E-state index >= 15 is 0 Å². The maximum absolute atomic E-state index is 8.26. The van der Waals surface area contributed by atoms with E-state index in [0.29, 0.717) is 11.1 Å². The average molecular weight is 242 g/mol. The first-order valence-electron chi connectivity index (χ1n) is 8.33. The Kier molecular flexibility index (Phi) is 1.96. The average Bonchev–Trinajstić information content (AvgIpc) is 2.45. The molecule has 1 nitrogen and oxygen atoms in total. The highest BCUT2D eigenvalue weighted by Crippen LogP contribution is 2.29. The molecule has 1 aliphatic carbocycles. The van der Waals surface area contributed by atoms with E-state index in [9.17, 15) is 0 Å². The zero-order valence-electron chi connectivity index (χ0n) is 14.8. The van der Waals surface area contributed by atoms with Crippen molar-refractivity contribution >= 4 is 0 Å². The number of benzene rings is 1. The van der Waals surface area contributed by atoms with Gasteiger partial charge in [0.25, 0.3) is 0 Å². The molecular formula is C17H20N+. The molecule has 0 radical (unpaired) electrons. The zero-order chi connectivity index (χ0) is 16.1. The molecule has 0 N–H and O–H groups in total. The smallest absolute Gasteiger partial charge is 0.201 e. The van der Waals surface area contributed by atoms with Crippen molar-refractivity contribution in [3.8, 4) is 11.3 Å². The first-order valence-corrected chi connectivity index (χ1v) is 6.33. The van der Waals surface area contributed by atoms with E-state index in [4.69, 9.17) is 5.48 Å². The van der Waals surface area contributed by atoms with Gasteiger partial charge in [0.05, 0.1) is 0 Å². The van der Waals surface area contributed by atoms with Crippen LogP contribution in [0, 0.1) is 6.92 Å². The van der Waals surface area contributed by atoms with Gasteiger partial charge in [-0.3, -0.25) is 0 Å². The Morgan fingerprint density at radius 1 is 1.11 bits per heavy atom. The molecule has 1 aliphatic rings. The van der Waals surface area contributed by atoms with E-state index < -0.39 is 12.7 Å². The fourth-order valence-electron chi connectivity index (χ4n) is 2.47. The van der Waals surface area contributed by atoms with E-state index in [0.717, 1.165) is 16.8 Å². The van der Waals surface area contributed by atoms with E-state index in [1.807, 2.05) is 55.1 Å². The van der Waals surface area contributed by atoms with Gasteiger partial charge in [-0.05, 0) is 61.3 Å². The van der Waals surface area contributed by atoms with Gasteiger partial charge in [0.1, 0.15) is 7.05 Å². The SMILES string of the molecule is [2H]C1([2H])CCC([2H])([2H])c2cc(-c3cccc[n+]3C)c(C)cc21. The van der Waals surface area contributed by atoms with Crippen molar-refractivity contribution in [2.24, 2.45) is 7.05 Å². The third-order valence-electron chi connectivity index (χ3n) is 3.45. The van der Waals surface area contributed by atoms with Gasteiger partial charge in [-0.1, -0.05) is 6.07 Å². The maximum Gasteiger partial charge on any atom is 0.212 e. The van der Waals surface area contributed by atoms with Gasteiger partial charge in [-0.2, -0.15) is 0 Å². The number of hydrogen-bond donors (Lipinski definition) is 0. The summed E-state index contributed by atoms with van der Waals surface area (Å²) in [6.45, 7) is 1.96. The Labute approximate surface area is 115 Å². The Bertz CT molecular complexity index is 737. The molecule has 18 heavy (non-hydrogen) atoms. The normalized spacial score (nSPS) is 23.2. The van der Waals surface area contributed by atoms with Crippen molar-refractivity contribution in [2.75, 3.05) is 0 Å². The number of rotatable bonds is 1. The number of pyridine rings is 1. The second kappa shape index (κ2) is 4.56. The molecule has 1 aromatic heterocycles. The third-order valence-corrected chi connectivity index (χ3v) is 3.45. The molecule has 92 valence electrons. The largest absolute Gasteiger partial charge is 0.212 e. The second-order valence-electron chi connectivity index (χ2n) is 4.76. The Morgan fingerprint density at radius 2 is 1.83 bits per heavy atom. The van der Waals surface area contributed by atoms with Crippen LogP contribution in [0.2, 0.25) is 0 Å². The van der Waals surface area contributed by atoms with E-state index in [2.05, 4.69) is 0 Å². The molecule has 1 heteroatoms. The van der Waals surface area contributed by atoms with Gasteiger partial charge >= 0.3 is 0 Å². The number of fused-ring (bicyclic) bond motifs is 1.